The van der Waals surface area contributed by atoms with E-state index in [9.17, 15) is 5.26 Å². The van der Waals surface area contributed by atoms with Gasteiger partial charge in [0.2, 0.25) is 0 Å². The van der Waals surface area contributed by atoms with E-state index in [1.54, 1.807) is 0 Å². The minimum Gasteiger partial charge on any atom is -0.354 e. The zero-order valence-electron chi connectivity index (χ0n) is 12.8. The summed E-state index contributed by atoms with van der Waals surface area (Å²) in [4.78, 5) is 6.78. The van der Waals surface area contributed by atoms with Gasteiger partial charge in [0, 0.05) is 24.8 Å². The number of hydrogen-bond donors (Lipinski definition) is 1. The van der Waals surface area contributed by atoms with Crippen LogP contribution in [0.5, 0.6) is 0 Å². The van der Waals surface area contributed by atoms with Crippen molar-refractivity contribution in [1.29, 1.82) is 5.26 Å². The monoisotopic (exact) mass is 330 g/mol. The molecule has 118 valence electrons. The summed E-state index contributed by atoms with van der Waals surface area (Å²) in [6.45, 7) is 7.88. The molecule has 0 aliphatic carbocycles. The fourth-order valence-corrected chi connectivity index (χ4v) is 2.76. The van der Waals surface area contributed by atoms with E-state index in [1.807, 2.05) is 19.9 Å². The fraction of sp³-hybridized carbons (Fsp3) is 0.600. The molecule has 2 atom stereocenters. The summed E-state index contributed by atoms with van der Waals surface area (Å²) in [5.41, 5.74) is 8.91. The molecule has 0 bridgehead atoms. The quantitative estimate of drug-likeness (QED) is 0.925. The highest BCUT2D eigenvalue weighted by atomic mass is 35.5. The lowest BCUT2D eigenvalue weighted by atomic mass is 9.99. The van der Waals surface area contributed by atoms with Crippen LogP contribution in [0.15, 0.2) is 6.07 Å². The third kappa shape index (κ3) is 4.23. The third-order valence-corrected chi connectivity index (χ3v) is 4.02. The Bertz CT molecular complexity index is 513. The maximum Gasteiger partial charge on any atom is 0.146 e. The van der Waals surface area contributed by atoms with Gasteiger partial charge >= 0.3 is 0 Å². The number of anilines is 1. The Labute approximate surface area is 139 Å². The lowest BCUT2D eigenvalue weighted by Crippen LogP contribution is -2.30. The van der Waals surface area contributed by atoms with Crippen LogP contribution in [-0.2, 0) is 0 Å². The van der Waals surface area contributed by atoms with Gasteiger partial charge in [0.1, 0.15) is 11.9 Å². The fourth-order valence-electron chi connectivity index (χ4n) is 2.76. The van der Waals surface area contributed by atoms with Crippen LogP contribution in [0.4, 0.5) is 5.82 Å². The average Bonchev–Trinajstić information content (AvgIpc) is 2.74. The molecule has 4 nitrogen and oxygen atoms in total. The first kappa shape index (κ1) is 20.0. The maximum absolute atomic E-state index is 9.28. The predicted molar refractivity (Wildman–Crippen MR) is 91.5 cm³/mol. The van der Waals surface area contributed by atoms with Crippen molar-refractivity contribution in [3.05, 3.63) is 22.9 Å². The summed E-state index contributed by atoms with van der Waals surface area (Å²) < 4.78 is 0. The van der Waals surface area contributed by atoms with E-state index in [0.29, 0.717) is 11.5 Å². The molecule has 1 aromatic heterocycles. The topological polar surface area (TPSA) is 65.9 Å². The normalized spacial score (nSPS) is 20.4. The Morgan fingerprint density at radius 1 is 1.38 bits per heavy atom. The lowest BCUT2D eigenvalue weighted by Gasteiger charge is -2.19. The van der Waals surface area contributed by atoms with Crippen LogP contribution in [-0.4, -0.2) is 24.1 Å². The molecule has 1 aliphatic rings. The van der Waals surface area contributed by atoms with Gasteiger partial charge in [0.25, 0.3) is 0 Å². The number of pyridine rings is 1. The van der Waals surface area contributed by atoms with Gasteiger partial charge < -0.3 is 10.6 Å². The molecule has 0 aromatic carbocycles. The van der Waals surface area contributed by atoms with E-state index in [2.05, 4.69) is 22.9 Å². The highest BCUT2D eigenvalue weighted by Gasteiger charge is 2.31. The van der Waals surface area contributed by atoms with Crippen LogP contribution in [0.1, 0.15) is 36.6 Å². The van der Waals surface area contributed by atoms with Crippen molar-refractivity contribution < 1.29 is 0 Å². The smallest absolute Gasteiger partial charge is 0.146 e. The second kappa shape index (κ2) is 8.43. The van der Waals surface area contributed by atoms with Crippen LogP contribution in [0.25, 0.3) is 0 Å². The molecule has 2 rings (SSSR count). The Morgan fingerprint density at radius 2 is 2.05 bits per heavy atom. The Hall–Kier alpha value is -1.02. The van der Waals surface area contributed by atoms with Crippen molar-refractivity contribution in [2.24, 2.45) is 11.7 Å². The van der Waals surface area contributed by atoms with E-state index in [4.69, 9.17) is 5.73 Å². The second-order valence-corrected chi connectivity index (χ2v) is 5.49. The van der Waals surface area contributed by atoms with E-state index >= 15 is 0 Å². The number of aromatic nitrogens is 1. The minimum absolute atomic E-state index is 0. The number of hydrogen-bond acceptors (Lipinski definition) is 4. The van der Waals surface area contributed by atoms with Crippen molar-refractivity contribution in [3.8, 4) is 6.07 Å². The first-order chi connectivity index (χ1) is 9.06. The number of rotatable bonds is 3. The highest BCUT2D eigenvalue weighted by molar-refractivity contribution is 5.85. The second-order valence-electron chi connectivity index (χ2n) is 5.49. The Kier molecular flexibility index (Phi) is 8.02. The van der Waals surface area contributed by atoms with Gasteiger partial charge in [-0.2, -0.15) is 5.26 Å². The Morgan fingerprint density at radius 3 is 2.62 bits per heavy atom. The molecule has 0 unspecified atom stereocenters. The van der Waals surface area contributed by atoms with Crippen LogP contribution < -0.4 is 10.6 Å². The van der Waals surface area contributed by atoms with E-state index in [1.165, 1.54) is 0 Å². The van der Waals surface area contributed by atoms with Crippen molar-refractivity contribution in [2.45, 2.75) is 39.7 Å². The number of nitrogens with two attached hydrogens (primary N) is 1. The van der Waals surface area contributed by atoms with E-state index in [-0.39, 0.29) is 30.9 Å². The van der Waals surface area contributed by atoms with Crippen molar-refractivity contribution in [3.63, 3.8) is 0 Å². The minimum atomic E-state index is 0. The molecule has 1 aromatic rings. The predicted octanol–water partition coefficient (Wildman–Crippen LogP) is 2.98. The van der Waals surface area contributed by atoms with Gasteiger partial charge in [-0.15, -0.1) is 24.8 Å². The Balaban J connectivity index is 0.00000200. The van der Waals surface area contributed by atoms with Crippen LogP contribution >= 0.6 is 24.8 Å². The molecule has 0 spiro atoms. The van der Waals surface area contributed by atoms with Crippen molar-refractivity contribution in [2.75, 3.05) is 18.0 Å². The molecule has 1 aliphatic heterocycles. The largest absolute Gasteiger partial charge is 0.354 e. The first-order valence-electron chi connectivity index (χ1n) is 6.95. The zero-order chi connectivity index (χ0) is 14.0. The van der Waals surface area contributed by atoms with Crippen LogP contribution in [0.3, 0.4) is 0 Å². The maximum atomic E-state index is 9.28. The molecule has 2 N–H and O–H groups in total. The average molecular weight is 331 g/mol. The van der Waals surface area contributed by atoms with Crippen LogP contribution in [0.2, 0.25) is 0 Å². The molecule has 2 heterocycles. The first-order valence-corrected chi connectivity index (χ1v) is 6.95. The summed E-state index contributed by atoms with van der Waals surface area (Å²) in [6.07, 6.45) is 2.29. The van der Waals surface area contributed by atoms with Gasteiger partial charge in [-0.05, 0) is 37.8 Å². The van der Waals surface area contributed by atoms with Crippen molar-refractivity contribution in [1.82, 2.24) is 4.98 Å². The van der Waals surface area contributed by atoms with E-state index < -0.39 is 0 Å². The SMILES string of the molecule is CCC[C@H]1CN(c2nc(C)c(C)cc2C#N)C[C@@H]1N.Cl.Cl. The van der Waals surface area contributed by atoms with E-state index in [0.717, 1.165) is 43.0 Å². The molecule has 21 heavy (non-hydrogen) atoms. The summed E-state index contributed by atoms with van der Waals surface area (Å²) in [6, 6.07) is 4.37. The molecular weight excluding hydrogens is 307 g/mol. The number of aryl methyl sites for hydroxylation is 2. The summed E-state index contributed by atoms with van der Waals surface area (Å²) in [5, 5.41) is 9.28. The molecule has 1 saturated heterocycles. The van der Waals surface area contributed by atoms with Gasteiger partial charge in [-0.25, -0.2) is 4.98 Å². The summed E-state index contributed by atoms with van der Waals surface area (Å²) in [5.74, 6) is 1.32. The molecule has 0 saturated carbocycles. The molecule has 6 heteroatoms. The van der Waals surface area contributed by atoms with Gasteiger partial charge in [0.05, 0.1) is 5.56 Å². The lowest BCUT2D eigenvalue weighted by molar-refractivity contribution is 0.472. The molecule has 1 fully saturated rings. The van der Waals surface area contributed by atoms with Gasteiger partial charge in [0.15, 0.2) is 0 Å². The molecule has 0 radical (unpaired) electrons. The third-order valence-electron chi connectivity index (χ3n) is 4.02. The molecular formula is C15H24Cl2N4. The molecule has 0 amide bonds. The number of nitrogens with zero attached hydrogens (tertiary/aromatic N) is 3. The standard InChI is InChI=1S/C15H22N4.2ClH/c1-4-5-12-8-19(9-14(12)17)15-13(7-16)6-10(2)11(3)18-15;;/h6,12,14H,4-5,8-9,17H2,1-3H3;2*1H/t12-,14-;;/m0../s1. The number of halogens is 2. The summed E-state index contributed by atoms with van der Waals surface area (Å²) >= 11 is 0. The summed E-state index contributed by atoms with van der Waals surface area (Å²) in [7, 11) is 0. The van der Waals surface area contributed by atoms with Crippen molar-refractivity contribution >= 4 is 30.6 Å². The van der Waals surface area contributed by atoms with Crippen LogP contribution in [0, 0.1) is 31.1 Å². The number of nitriles is 1. The van der Waals surface area contributed by atoms with Gasteiger partial charge in [-0.1, -0.05) is 13.3 Å². The highest BCUT2D eigenvalue weighted by Crippen LogP contribution is 2.28. The van der Waals surface area contributed by atoms with Gasteiger partial charge in [-0.3, -0.25) is 0 Å². The zero-order valence-corrected chi connectivity index (χ0v) is 14.4.